The van der Waals surface area contributed by atoms with Gasteiger partial charge in [-0.25, -0.2) is 4.39 Å². The summed E-state index contributed by atoms with van der Waals surface area (Å²) < 4.78 is 18.7. The molecule has 0 fully saturated rings. The SMILES string of the molecule is CC(C)CC(C)NCc1ccc(-c2ccc(F)cc2)o1. The van der Waals surface area contributed by atoms with Gasteiger partial charge in [0, 0.05) is 11.6 Å². The van der Waals surface area contributed by atoms with Gasteiger partial charge in [0.25, 0.3) is 0 Å². The maximum atomic E-state index is 12.9. The smallest absolute Gasteiger partial charge is 0.134 e. The van der Waals surface area contributed by atoms with Gasteiger partial charge in [0.05, 0.1) is 6.54 Å². The molecule has 108 valence electrons. The summed E-state index contributed by atoms with van der Waals surface area (Å²) in [4.78, 5) is 0. The topological polar surface area (TPSA) is 25.2 Å². The van der Waals surface area contributed by atoms with Gasteiger partial charge < -0.3 is 9.73 Å². The zero-order valence-corrected chi connectivity index (χ0v) is 12.3. The lowest BCUT2D eigenvalue weighted by molar-refractivity contribution is 0.413. The minimum absolute atomic E-state index is 0.232. The second-order valence-corrected chi connectivity index (χ2v) is 5.68. The Morgan fingerprint density at radius 1 is 1.05 bits per heavy atom. The summed E-state index contributed by atoms with van der Waals surface area (Å²) in [6.07, 6.45) is 1.14. The molecule has 1 heterocycles. The molecule has 1 aromatic heterocycles. The lowest BCUT2D eigenvalue weighted by Crippen LogP contribution is -2.26. The van der Waals surface area contributed by atoms with Gasteiger partial charge in [0.15, 0.2) is 0 Å². The predicted octanol–water partition coefficient (Wildman–Crippen LogP) is 4.61. The van der Waals surface area contributed by atoms with E-state index in [0.717, 1.165) is 30.0 Å². The van der Waals surface area contributed by atoms with E-state index in [-0.39, 0.29) is 5.82 Å². The minimum Gasteiger partial charge on any atom is -0.460 e. The normalized spacial score (nSPS) is 12.8. The number of furan rings is 1. The van der Waals surface area contributed by atoms with Gasteiger partial charge in [0.1, 0.15) is 17.3 Å². The van der Waals surface area contributed by atoms with Crippen LogP contribution in [0.4, 0.5) is 4.39 Å². The average Bonchev–Trinajstić information content (AvgIpc) is 2.85. The lowest BCUT2D eigenvalue weighted by atomic mass is 10.1. The van der Waals surface area contributed by atoms with Crippen molar-refractivity contribution in [1.82, 2.24) is 5.32 Å². The van der Waals surface area contributed by atoms with Gasteiger partial charge in [-0.05, 0) is 55.7 Å². The molecule has 2 aromatic rings. The Morgan fingerprint density at radius 2 is 1.75 bits per heavy atom. The molecule has 1 N–H and O–H groups in total. The quantitative estimate of drug-likeness (QED) is 0.832. The summed E-state index contributed by atoms with van der Waals surface area (Å²) in [6, 6.07) is 10.7. The van der Waals surface area contributed by atoms with Crippen LogP contribution in [0.5, 0.6) is 0 Å². The molecular formula is C17H22FNO. The maximum absolute atomic E-state index is 12.9. The van der Waals surface area contributed by atoms with E-state index < -0.39 is 0 Å². The molecule has 0 saturated carbocycles. The van der Waals surface area contributed by atoms with Crippen molar-refractivity contribution in [2.45, 2.75) is 39.8 Å². The van der Waals surface area contributed by atoms with Crippen molar-refractivity contribution in [2.24, 2.45) is 5.92 Å². The van der Waals surface area contributed by atoms with Crippen molar-refractivity contribution >= 4 is 0 Å². The Hall–Kier alpha value is -1.61. The number of nitrogens with one attached hydrogen (secondary N) is 1. The lowest BCUT2D eigenvalue weighted by Gasteiger charge is -2.14. The van der Waals surface area contributed by atoms with Crippen molar-refractivity contribution in [3.05, 3.63) is 48.0 Å². The van der Waals surface area contributed by atoms with E-state index in [9.17, 15) is 4.39 Å². The molecule has 0 saturated heterocycles. The van der Waals surface area contributed by atoms with Crippen molar-refractivity contribution in [2.75, 3.05) is 0 Å². The summed E-state index contributed by atoms with van der Waals surface area (Å²) in [6.45, 7) is 7.34. The van der Waals surface area contributed by atoms with E-state index in [1.165, 1.54) is 12.1 Å². The van der Waals surface area contributed by atoms with Crippen molar-refractivity contribution in [3.63, 3.8) is 0 Å². The second kappa shape index (κ2) is 6.71. The molecule has 0 aliphatic carbocycles. The van der Waals surface area contributed by atoms with Crippen LogP contribution in [0.25, 0.3) is 11.3 Å². The van der Waals surface area contributed by atoms with Crippen LogP contribution in [0.2, 0.25) is 0 Å². The largest absolute Gasteiger partial charge is 0.460 e. The minimum atomic E-state index is -0.232. The van der Waals surface area contributed by atoms with Crippen LogP contribution in [0.1, 0.15) is 33.0 Å². The molecule has 2 rings (SSSR count). The van der Waals surface area contributed by atoms with Gasteiger partial charge in [-0.15, -0.1) is 0 Å². The Labute approximate surface area is 120 Å². The third-order valence-electron chi connectivity index (χ3n) is 3.24. The fraction of sp³-hybridized carbons (Fsp3) is 0.412. The Bertz CT molecular complexity index is 530. The summed E-state index contributed by atoms with van der Waals surface area (Å²) in [5.74, 6) is 2.13. The molecule has 20 heavy (non-hydrogen) atoms. The van der Waals surface area contributed by atoms with Crippen LogP contribution in [-0.2, 0) is 6.54 Å². The zero-order valence-electron chi connectivity index (χ0n) is 12.3. The van der Waals surface area contributed by atoms with Crippen molar-refractivity contribution in [3.8, 4) is 11.3 Å². The molecular weight excluding hydrogens is 253 g/mol. The third kappa shape index (κ3) is 4.20. The van der Waals surface area contributed by atoms with E-state index in [1.807, 2.05) is 12.1 Å². The number of hydrogen-bond donors (Lipinski definition) is 1. The van der Waals surface area contributed by atoms with Gasteiger partial charge in [-0.2, -0.15) is 0 Å². The van der Waals surface area contributed by atoms with E-state index >= 15 is 0 Å². The zero-order chi connectivity index (χ0) is 14.5. The van der Waals surface area contributed by atoms with Crippen LogP contribution in [0.3, 0.4) is 0 Å². The van der Waals surface area contributed by atoms with Gasteiger partial charge in [-0.1, -0.05) is 13.8 Å². The van der Waals surface area contributed by atoms with Crippen LogP contribution < -0.4 is 5.32 Å². The molecule has 2 nitrogen and oxygen atoms in total. The van der Waals surface area contributed by atoms with E-state index in [4.69, 9.17) is 4.42 Å². The molecule has 0 amide bonds. The summed E-state index contributed by atoms with van der Waals surface area (Å²) in [7, 11) is 0. The summed E-state index contributed by atoms with van der Waals surface area (Å²) >= 11 is 0. The van der Waals surface area contributed by atoms with Crippen LogP contribution >= 0.6 is 0 Å². The molecule has 1 atom stereocenters. The van der Waals surface area contributed by atoms with Crippen molar-refractivity contribution in [1.29, 1.82) is 0 Å². The number of halogens is 1. The van der Waals surface area contributed by atoms with Gasteiger partial charge in [-0.3, -0.25) is 0 Å². The maximum Gasteiger partial charge on any atom is 0.134 e. The predicted molar refractivity (Wildman–Crippen MR) is 79.9 cm³/mol. The van der Waals surface area contributed by atoms with E-state index in [0.29, 0.717) is 12.0 Å². The van der Waals surface area contributed by atoms with Crippen LogP contribution in [0, 0.1) is 11.7 Å². The van der Waals surface area contributed by atoms with Crippen LogP contribution in [-0.4, -0.2) is 6.04 Å². The Morgan fingerprint density at radius 3 is 2.40 bits per heavy atom. The van der Waals surface area contributed by atoms with Crippen molar-refractivity contribution < 1.29 is 8.81 Å². The molecule has 0 spiro atoms. The highest BCUT2D eigenvalue weighted by Crippen LogP contribution is 2.22. The summed E-state index contributed by atoms with van der Waals surface area (Å²) in [5.41, 5.74) is 0.896. The Kier molecular flexibility index (Phi) is 4.96. The third-order valence-corrected chi connectivity index (χ3v) is 3.24. The molecule has 0 aliphatic rings. The standard InChI is InChI=1S/C17H22FNO/c1-12(2)10-13(3)19-11-16-8-9-17(20-16)14-4-6-15(18)7-5-14/h4-9,12-13,19H,10-11H2,1-3H3. The molecule has 1 aromatic carbocycles. The number of benzene rings is 1. The molecule has 0 aliphatic heterocycles. The fourth-order valence-electron chi connectivity index (χ4n) is 2.31. The molecule has 3 heteroatoms. The first-order valence-electron chi connectivity index (χ1n) is 7.12. The fourth-order valence-corrected chi connectivity index (χ4v) is 2.31. The number of hydrogen-bond acceptors (Lipinski definition) is 2. The summed E-state index contributed by atoms with van der Waals surface area (Å²) in [5, 5.41) is 3.45. The first-order chi connectivity index (χ1) is 9.54. The van der Waals surface area contributed by atoms with E-state index in [1.54, 1.807) is 12.1 Å². The molecule has 0 radical (unpaired) electrons. The highest BCUT2D eigenvalue weighted by Gasteiger charge is 2.08. The second-order valence-electron chi connectivity index (χ2n) is 5.68. The first-order valence-corrected chi connectivity index (χ1v) is 7.12. The monoisotopic (exact) mass is 275 g/mol. The van der Waals surface area contributed by atoms with Crippen LogP contribution in [0.15, 0.2) is 40.8 Å². The Balaban J connectivity index is 1.94. The molecule has 0 bridgehead atoms. The van der Waals surface area contributed by atoms with Gasteiger partial charge >= 0.3 is 0 Å². The highest BCUT2D eigenvalue weighted by molar-refractivity contribution is 5.57. The highest BCUT2D eigenvalue weighted by atomic mass is 19.1. The van der Waals surface area contributed by atoms with E-state index in [2.05, 4.69) is 26.1 Å². The average molecular weight is 275 g/mol. The molecule has 1 unspecified atom stereocenters. The van der Waals surface area contributed by atoms with Gasteiger partial charge in [0.2, 0.25) is 0 Å². The number of rotatable bonds is 6. The first kappa shape index (κ1) is 14.8.